The lowest BCUT2D eigenvalue weighted by molar-refractivity contribution is -0.743. The summed E-state index contributed by atoms with van der Waals surface area (Å²) in [6.45, 7) is 1.83. The van der Waals surface area contributed by atoms with Crippen LogP contribution in [0.2, 0.25) is 0 Å². The van der Waals surface area contributed by atoms with Crippen molar-refractivity contribution in [1.29, 1.82) is 0 Å². The molecule has 156 valence electrons. The number of carbonyl (C=O) groups is 2. The fourth-order valence-corrected chi connectivity index (χ4v) is 3.83. The molecule has 1 saturated heterocycles. The highest BCUT2D eigenvalue weighted by atomic mass is 16.3. The Morgan fingerprint density at radius 2 is 1.15 bits per heavy atom. The summed E-state index contributed by atoms with van der Waals surface area (Å²) in [6, 6.07) is 0. The second-order valence-corrected chi connectivity index (χ2v) is 8.07. The molecule has 0 aliphatic carbocycles. The van der Waals surface area contributed by atoms with E-state index >= 15 is 0 Å². The van der Waals surface area contributed by atoms with E-state index in [0.717, 1.165) is 12.8 Å². The number of likely N-dealkylation sites (tertiary alicyclic amines) is 1. The standard InChI is InChI=1S/C23H42NO3/c1-2-3-4-5-6-7-8-9-10-11-12-13-14-15-16-17-20-24(21-25)22(26)18-19-23(24)27/h17,20,25H,2-16,18-19,21H2,1H3/q+1. The molecular formula is C23H42NO3+. The minimum absolute atomic E-state index is 0.181. The van der Waals surface area contributed by atoms with E-state index in [1.807, 2.05) is 6.08 Å². The topological polar surface area (TPSA) is 54.4 Å². The van der Waals surface area contributed by atoms with Gasteiger partial charge >= 0.3 is 11.8 Å². The third-order valence-corrected chi connectivity index (χ3v) is 5.75. The highest BCUT2D eigenvalue weighted by molar-refractivity contribution is 5.92. The molecule has 0 unspecified atom stereocenters. The summed E-state index contributed by atoms with van der Waals surface area (Å²) in [5, 5.41) is 9.46. The van der Waals surface area contributed by atoms with Gasteiger partial charge in [0.05, 0.1) is 12.8 Å². The second kappa shape index (κ2) is 15.0. The Labute approximate surface area is 166 Å². The third kappa shape index (κ3) is 9.16. The van der Waals surface area contributed by atoms with Crippen molar-refractivity contribution in [2.24, 2.45) is 0 Å². The number of aliphatic hydroxyl groups excluding tert-OH is 1. The number of rotatable bonds is 17. The zero-order chi connectivity index (χ0) is 19.8. The lowest BCUT2D eigenvalue weighted by Crippen LogP contribution is -2.48. The number of quaternary nitrogens is 1. The number of amides is 2. The fraction of sp³-hybridized carbons (Fsp3) is 0.826. The first-order chi connectivity index (χ1) is 13.2. The Morgan fingerprint density at radius 3 is 1.56 bits per heavy atom. The Bertz CT molecular complexity index is 429. The van der Waals surface area contributed by atoms with Gasteiger partial charge in [-0.1, -0.05) is 90.4 Å². The number of hydrogen-bond donors (Lipinski definition) is 1. The average Bonchev–Trinajstić information content (AvgIpc) is 2.96. The summed E-state index contributed by atoms with van der Waals surface area (Å²) in [4.78, 5) is 23.7. The van der Waals surface area contributed by atoms with Gasteiger partial charge in [0, 0.05) is 0 Å². The molecular weight excluding hydrogens is 338 g/mol. The van der Waals surface area contributed by atoms with E-state index in [2.05, 4.69) is 6.92 Å². The van der Waals surface area contributed by atoms with Gasteiger partial charge in [-0.05, 0) is 18.9 Å². The minimum atomic E-state index is -0.487. The maximum Gasteiger partial charge on any atom is 0.328 e. The predicted molar refractivity (Wildman–Crippen MR) is 111 cm³/mol. The highest BCUT2D eigenvalue weighted by Crippen LogP contribution is 2.23. The molecule has 0 aromatic heterocycles. The van der Waals surface area contributed by atoms with Crippen molar-refractivity contribution in [3.8, 4) is 0 Å². The molecule has 0 spiro atoms. The smallest absolute Gasteiger partial charge is 0.328 e. The lowest BCUT2D eigenvalue weighted by atomic mass is 10.0. The number of nitrogens with zero attached hydrogens (tertiary/aromatic N) is 1. The Balaban J connectivity index is 1.92. The van der Waals surface area contributed by atoms with Crippen LogP contribution in [0.5, 0.6) is 0 Å². The molecule has 0 aromatic carbocycles. The first kappa shape index (κ1) is 24.0. The van der Waals surface area contributed by atoms with Crippen LogP contribution < -0.4 is 0 Å². The normalized spacial score (nSPS) is 16.7. The molecule has 2 amide bonds. The molecule has 0 radical (unpaired) electrons. The van der Waals surface area contributed by atoms with Crippen LogP contribution in [0, 0.1) is 0 Å². The van der Waals surface area contributed by atoms with Crippen LogP contribution in [-0.2, 0) is 9.59 Å². The van der Waals surface area contributed by atoms with Crippen LogP contribution in [0.15, 0.2) is 12.3 Å². The van der Waals surface area contributed by atoms with E-state index in [9.17, 15) is 14.7 Å². The van der Waals surface area contributed by atoms with Crippen LogP contribution in [0.25, 0.3) is 0 Å². The van der Waals surface area contributed by atoms with Crippen LogP contribution in [0.1, 0.15) is 116 Å². The first-order valence-corrected chi connectivity index (χ1v) is 11.4. The SMILES string of the molecule is CCCCCCCCCCCCCCCCC=C[N+]1(CO)C(=O)CCC1=O. The van der Waals surface area contributed by atoms with Gasteiger partial charge in [0.15, 0.2) is 6.73 Å². The molecule has 0 atom stereocenters. The highest BCUT2D eigenvalue weighted by Gasteiger charge is 2.47. The average molecular weight is 381 g/mol. The van der Waals surface area contributed by atoms with Crippen molar-refractivity contribution in [3.05, 3.63) is 12.3 Å². The summed E-state index contributed by atoms with van der Waals surface area (Å²) in [6.07, 6.45) is 23.7. The molecule has 27 heavy (non-hydrogen) atoms. The van der Waals surface area contributed by atoms with Gasteiger partial charge in [0.2, 0.25) is 0 Å². The van der Waals surface area contributed by atoms with E-state index in [1.165, 1.54) is 83.5 Å². The molecule has 1 aliphatic heterocycles. The maximum absolute atomic E-state index is 11.9. The van der Waals surface area contributed by atoms with Crippen molar-refractivity contribution in [3.63, 3.8) is 0 Å². The van der Waals surface area contributed by atoms with Crippen LogP contribution in [0.4, 0.5) is 0 Å². The van der Waals surface area contributed by atoms with Gasteiger partial charge in [-0.15, -0.1) is 4.48 Å². The molecule has 1 rings (SSSR count). The number of hydrogen-bond acceptors (Lipinski definition) is 3. The predicted octanol–water partition coefficient (Wildman–Crippen LogP) is 5.99. The monoisotopic (exact) mass is 380 g/mol. The molecule has 0 aromatic rings. The summed E-state index contributed by atoms with van der Waals surface area (Å²) in [7, 11) is 0. The summed E-state index contributed by atoms with van der Waals surface area (Å²) >= 11 is 0. The van der Waals surface area contributed by atoms with Crippen molar-refractivity contribution in [1.82, 2.24) is 0 Å². The summed E-state index contributed by atoms with van der Waals surface area (Å²) < 4.78 is -0.487. The van der Waals surface area contributed by atoms with Crippen molar-refractivity contribution in [2.45, 2.75) is 116 Å². The van der Waals surface area contributed by atoms with Crippen molar-refractivity contribution in [2.75, 3.05) is 6.73 Å². The van der Waals surface area contributed by atoms with Gasteiger partial charge in [0.1, 0.15) is 6.20 Å². The van der Waals surface area contributed by atoms with Gasteiger partial charge in [0.25, 0.3) is 0 Å². The van der Waals surface area contributed by atoms with Crippen molar-refractivity contribution >= 4 is 11.8 Å². The minimum Gasteiger partial charge on any atom is -0.346 e. The van der Waals surface area contributed by atoms with Crippen molar-refractivity contribution < 1.29 is 19.2 Å². The summed E-state index contributed by atoms with van der Waals surface area (Å²) in [5.41, 5.74) is 0. The zero-order valence-corrected chi connectivity index (χ0v) is 17.6. The number of imide groups is 1. The Kier molecular flexibility index (Phi) is 13.3. The second-order valence-electron chi connectivity index (χ2n) is 8.07. The molecule has 1 N–H and O–H groups in total. The van der Waals surface area contributed by atoms with E-state index < -0.39 is 11.2 Å². The fourth-order valence-electron chi connectivity index (χ4n) is 3.83. The largest absolute Gasteiger partial charge is 0.346 e. The number of carbonyl (C=O) groups excluding carboxylic acids is 2. The molecule has 4 nitrogen and oxygen atoms in total. The van der Waals surface area contributed by atoms with E-state index in [0.29, 0.717) is 0 Å². The first-order valence-electron chi connectivity index (χ1n) is 11.4. The molecule has 0 saturated carbocycles. The number of aliphatic hydroxyl groups is 1. The zero-order valence-electron chi connectivity index (χ0n) is 17.6. The number of unbranched alkanes of at least 4 members (excludes halogenated alkanes) is 14. The van der Waals surface area contributed by atoms with Crippen LogP contribution in [0.3, 0.4) is 0 Å². The quantitative estimate of drug-likeness (QED) is 0.192. The molecule has 1 aliphatic rings. The molecule has 1 heterocycles. The maximum atomic E-state index is 11.9. The van der Waals surface area contributed by atoms with Gasteiger partial charge in [-0.2, -0.15) is 0 Å². The van der Waals surface area contributed by atoms with Gasteiger partial charge < -0.3 is 5.11 Å². The molecule has 4 heteroatoms. The Hall–Kier alpha value is -1.00. The molecule has 0 bridgehead atoms. The van der Waals surface area contributed by atoms with E-state index in [-0.39, 0.29) is 24.7 Å². The van der Waals surface area contributed by atoms with E-state index in [4.69, 9.17) is 0 Å². The van der Waals surface area contributed by atoms with Crippen LogP contribution in [-0.4, -0.2) is 28.1 Å². The number of allylic oxidation sites excluding steroid dienone is 1. The third-order valence-electron chi connectivity index (χ3n) is 5.75. The summed E-state index contributed by atoms with van der Waals surface area (Å²) in [5.74, 6) is -0.362. The van der Waals surface area contributed by atoms with Gasteiger partial charge in [-0.3, -0.25) is 0 Å². The van der Waals surface area contributed by atoms with E-state index in [1.54, 1.807) is 6.20 Å². The molecule has 1 fully saturated rings. The lowest BCUT2D eigenvalue weighted by Gasteiger charge is -2.20. The van der Waals surface area contributed by atoms with Gasteiger partial charge in [-0.25, -0.2) is 9.59 Å². The Morgan fingerprint density at radius 1 is 0.741 bits per heavy atom. The van der Waals surface area contributed by atoms with Crippen LogP contribution >= 0.6 is 0 Å².